The quantitative estimate of drug-likeness (QED) is 0.864. The summed E-state index contributed by atoms with van der Waals surface area (Å²) in [5.74, 6) is 0.518. The van der Waals surface area contributed by atoms with Gasteiger partial charge >= 0.3 is 0 Å². The number of anilines is 1. The molecule has 0 aliphatic rings. The topological polar surface area (TPSA) is 29.1 Å². The largest absolute Gasteiger partial charge is 0.325 e. The third kappa shape index (κ3) is 4.36. The summed E-state index contributed by atoms with van der Waals surface area (Å²) in [5.41, 5.74) is 4.40. The summed E-state index contributed by atoms with van der Waals surface area (Å²) in [6.07, 6.45) is 0. The van der Waals surface area contributed by atoms with Crippen LogP contribution in [-0.4, -0.2) is 11.7 Å². The van der Waals surface area contributed by atoms with Gasteiger partial charge in [0.15, 0.2) is 0 Å². The van der Waals surface area contributed by atoms with Crippen molar-refractivity contribution >= 4 is 23.4 Å². The van der Waals surface area contributed by atoms with Gasteiger partial charge in [0.1, 0.15) is 0 Å². The number of carbonyl (C=O) groups is 1. The highest BCUT2D eigenvalue weighted by atomic mass is 32.2. The second kappa shape index (κ2) is 7.32. The first kappa shape index (κ1) is 15.6. The average Bonchev–Trinajstić information content (AvgIpc) is 2.49. The van der Waals surface area contributed by atoms with Crippen LogP contribution in [0.5, 0.6) is 0 Å². The van der Waals surface area contributed by atoms with Crippen LogP contribution in [0.25, 0.3) is 0 Å². The molecule has 2 rings (SSSR count). The maximum Gasteiger partial charge on any atom is 0.234 e. The number of carbonyl (C=O) groups excluding carboxylic acids is 1. The predicted molar refractivity (Wildman–Crippen MR) is 91.9 cm³/mol. The van der Waals surface area contributed by atoms with Crippen molar-refractivity contribution in [2.45, 2.75) is 26.0 Å². The van der Waals surface area contributed by atoms with Gasteiger partial charge in [0.05, 0.1) is 5.75 Å². The lowest BCUT2D eigenvalue weighted by Gasteiger charge is -2.14. The first-order valence-corrected chi connectivity index (χ1v) is 8.15. The molecule has 0 spiro atoms. The lowest BCUT2D eigenvalue weighted by molar-refractivity contribution is -0.113. The minimum Gasteiger partial charge on any atom is -0.325 e. The Morgan fingerprint density at radius 3 is 2.29 bits per heavy atom. The van der Waals surface area contributed by atoms with Crippen molar-refractivity contribution < 1.29 is 4.79 Å². The van der Waals surface area contributed by atoms with Crippen LogP contribution in [0.4, 0.5) is 5.69 Å². The summed E-state index contributed by atoms with van der Waals surface area (Å²) in [6.45, 7) is 6.16. The molecule has 21 heavy (non-hydrogen) atoms. The van der Waals surface area contributed by atoms with E-state index in [1.807, 2.05) is 50.2 Å². The van der Waals surface area contributed by atoms with E-state index in [1.54, 1.807) is 11.8 Å². The zero-order chi connectivity index (χ0) is 15.2. The molecule has 1 atom stereocenters. The van der Waals surface area contributed by atoms with Gasteiger partial charge < -0.3 is 5.32 Å². The third-order valence-corrected chi connectivity index (χ3v) is 4.68. The Labute approximate surface area is 131 Å². The van der Waals surface area contributed by atoms with Gasteiger partial charge in [-0.2, -0.15) is 0 Å². The second-order valence-electron chi connectivity index (χ2n) is 5.18. The van der Waals surface area contributed by atoms with E-state index in [2.05, 4.69) is 24.4 Å². The molecule has 0 unspecified atom stereocenters. The number of hydrogen-bond acceptors (Lipinski definition) is 2. The first-order chi connectivity index (χ1) is 10.1. The predicted octanol–water partition coefficient (Wildman–Crippen LogP) is 4.74. The molecule has 1 N–H and O–H groups in total. The van der Waals surface area contributed by atoms with Gasteiger partial charge in [0, 0.05) is 10.9 Å². The van der Waals surface area contributed by atoms with E-state index in [0.717, 1.165) is 16.8 Å². The van der Waals surface area contributed by atoms with Crippen LogP contribution in [0.1, 0.15) is 28.9 Å². The summed E-state index contributed by atoms with van der Waals surface area (Å²) in [5, 5.41) is 3.34. The number of nitrogens with one attached hydrogen (secondary N) is 1. The molecule has 0 aromatic heterocycles. The Hall–Kier alpha value is -1.74. The van der Waals surface area contributed by atoms with Crippen molar-refractivity contribution in [3.63, 3.8) is 0 Å². The van der Waals surface area contributed by atoms with E-state index >= 15 is 0 Å². The molecule has 2 aromatic carbocycles. The van der Waals surface area contributed by atoms with E-state index < -0.39 is 0 Å². The van der Waals surface area contributed by atoms with Gasteiger partial charge in [-0.15, -0.1) is 11.8 Å². The maximum atomic E-state index is 12.1. The second-order valence-corrected chi connectivity index (χ2v) is 6.51. The number of benzene rings is 2. The molecular weight excluding hydrogens is 278 g/mol. The lowest BCUT2D eigenvalue weighted by atomic mass is 10.1. The fraction of sp³-hybridized carbons (Fsp3) is 0.278. The van der Waals surface area contributed by atoms with Crippen molar-refractivity contribution in [1.82, 2.24) is 0 Å². The van der Waals surface area contributed by atoms with Crippen LogP contribution >= 0.6 is 11.8 Å². The molecule has 0 saturated carbocycles. The van der Waals surface area contributed by atoms with Crippen LogP contribution in [0.3, 0.4) is 0 Å². The third-order valence-electron chi connectivity index (χ3n) is 3.48. The Balaban J connectivity index is 1.91. The van der Waals surface area contributed by atoms with Crippen LogP contribution in [-0.2, 0) is 4.79 Å². The first-order valence-electron chi connectivity index (χ1n) is 7.10. The van der Waals surface area contributed by atoms with E-state index in [9.17, 15) is 4.79 Å². The summed E-state index contributed by atoms with van der Waals surface area (Å²) >= 11 is 1.66. The summed E-state index contributed by atoms with van der Waals surface area (Å²) in [7, 11) is 0. The highest BCUT2D eigenvalue weighted by Gasteiger charge is 2.11. The van der Waals surface area contributed by atoms with Gasteiger partial charge in [-0.3, -0.25) is 4.79 Å². The van der Waals surface area contributed by atoms with Crippen LogP contribution in [0.2, 0.25) is 0 Å². The average molecular weight is 299 g/mol. The van der Waals surface area contributed by atoms with E-state index in [1.165, 1.54) is 5.56 Å². The summed E-state index contributed by atoms with van der Waals surface area (Å²) in [4.78, 5) is 12.1. The number of para-hydroxylation sites is 1. The maximum absolute atomic E-state index is 12.1. The number of rotatable bonds is 5. The normalized spacial score (nSPS) is 12.0. The molecule has 1 amide bonds. The van der Waals surface area contributed by atoms with Gasteiger partial charge in [-0.05, 0) is 37.5 Å². The van der Waals surface area contributed by atoms with Gasteiger partial charge in [0.25, 0.3) is 0 Å². The molecule has 0 heterocycles. The molecule has 0 aliphatic carbocycles. The van der Waals surface area contributed by atoms with Crippen molar-refractivity contribution in [1.29, 1.82) is 0 Å². The van der Waals surface area contributed by atoms with E-state index in [0.29, 0.717) is 11.0 Å². The number of hydrogen-bond donors (Lipinski definition) is 1. The molecule has 0 bridgehead atoms. The Bertz CT molecular complexity index is 590. The Morgan fingerprint density at radius 1 is 1.05 bits per heavy atom. The van der Waals surface area contributed by atoms with Crippen molar-refractivity contribution in [2.75, 3.05) is 11.1 Å². The number of amides is 1. The van der Waals surface area contributed by atoms with Crippen molar-refractivity contribution in [3.05, 3.63) is 65.2 Å². The Morgan fingerprint density at radius 2 is 1.67 bits per heavy atom. The van der Waals surface area contributed by atoms with Gasteiger partial charge in [-0.1, -0.05) is 48.5 Å². The zero-order valence-electron chi connectivity index (χ0n) is 12.7. The monoisotopic (exact) mass is 299 g/mol. The number of thioether (sulfide) groups is 1. The van der Waals surface area contributed by atoms with Gasteiger partial charge in [0.2, 0.25) is 5.91 Å². The summed E-state index contributed by atoms with van der Waals surface area (Å²) < 4.78 is 0. The highest BCUT2D eigenvalue weighted by Crippen LogP contribution is 2.28. The molecule has 2 nitrogen and oxygen atoms in total. The van der Waals surface area contributed by atoms with Gasteiger partial charge in [-0.25, -0.2) is 0 Å². The highest BCUT2D eigenvalue weighted by molar-refractivity contribution is 8.00. The van der Waals surface area contributed by atoms with Crippen LogP contribution in [0, 0.1) is 13.8 Å². The minimum absolute atomic E-state index is 0.0557. The van der Waals surface area contributed by atoms with E-state index in [4.69, 9.17) is 0 Å². The molecule has 0 aliphatic heterocycles. The lowest BCUT2D eigenvalue weighted by Crippen LogP contribution is -2.16. The zero-order valence-corrected chi connectivity index (χ0v) is 13.5. The van der Waals surface area contributed by atoms with E-state index in [-0.39, 0.29) is 5.91 Å². The molecule has 0 saturated heterocycles. The molecular formula is C18H21NOS. The number of aryl methyl sites for hydroxylation is 2. The SMILES string of the molecule is Cc1cccc(C)c1NC(=O)CS[C@H](C)c1ccccc1. The summed E-state index contributed by atoms with van der Waals surface area (Å²) in [6, 6.07) is 16.3. The van der Waals surface area contributed by atoms with Crippen LogP contribution in [0.15, 0.2) is 48.5 Å². The fourth-order valence-electron chi connectivity index (χ4n) is 2.21. The van der Waals surface area contributed by atoms with Crippen LogP contribution < -0.4 is 5.32 Å². The van der Waals surface area contributed by atoms with Crippen molar-refractivity contribution in [3.8, 4) is 0 Å². The molecule has 0 fully saturated rings. The Kier molecular flexibility index (Phi) is 5.45. The minimum atomic E-state index is 0.0557. The molecule has 0 radical (unpaired) electrons. The standard InChI is InChI=1S/C18H21NOS/c1-13-8-7-9-14(2)18(13)19-17(20)12-21-15(3)16-10-5-4-6-11-16/h4-11,15H,12H2,1-3H3,(H,19,20)/t15-/m1/s1. The smallest absolute Gasteiger partial charge is 0.234 e. The van der Waals surface area contributed by atoms with Crippen molar-refractivity contribution in [2.24, 2.45) is 0 Å². The molecule has 2 aromatic rings. The molecule has 3 heteroatoms. The molecule has 110 valence electrons. The fourth-order valence-corrected chi connectivity index (χ4v) is 3.03.